The molecule has 2 aromatic carbocycles. The number of hydrogen-bond acceptors (Lipinski definition) is 4. The van der Waals surface area contributed by atoms with Crippen LogP contribution in [-0.4, -0.2) is 25.2 Å². The number of benzene rings is 2. The van der Waals surface area contributed by atoms with E-state index in [2.05, 4.69) is 16.0 Å². The van der Waals surface area contributed by atoms with Crippen LogP contribution in [0, 0.1) is 6.92 Å². The lowest BCUT2D eigenvalue weighted by atomic mass is 9.95. The average Bonchev–Trinajstić information content (AvgIpc) is 2.68. The van der Waals surface area contributed by atoms with Crippen LogP contribution in [0.2, 0.25) is 0 Å². The topological polar surface area (TPSA) is 79.5 Å². The first-order valence-electron chi connectivity index (χ1n) is 8.91. The number of amides is 2. The van der Waals surface area contributed by atoms with E-state index in [0.717, 1.165) is 16.8 Å². The summed E-state index contributed by atoms with van der Waals surface area (Å²) in [5.74, 6) is -0.445. The van der Waals surface area contributed by atoms with E-state index in [4.69, 9.17) is 4.74 Å². The van der Waals surface area contributed by atoms with E-state index in [9.17, 15) is 9.59 Å². The second-order valence-corrected chi connectivity index (χ2v) is 6.27. The van der Waals surface area contributed by atoms with Crippen LogP contribution in [0.3, 0.4) is 0 Å². The molecular weight excluding hydrogens is 342 g/mol. The summed E-state index contributed by atoms with van der Waals surface area (Å²) in [4.78, 5) is 24.9. The van der Waals surface area contributed by atoms with Crippen molar-refractivity contribution >= 4 is 17.7 Å². The zero-order chi connectivity index (χ0) is 19.2. The van der Waals surface area contributed by atoms with Gasteiger partial charge >= 0.3 is 12.0 Å². The molecule has 3 N–H and O–H groups in total. The van der Waals surface area contributed by atoms with Crippen LogP contribution in [-0.2, 0) is 9.53 Å². The molecule has 2 amide bonds. The Balaban J connectivity index is 1.93. The van der Waals surface area contributed by atoms with E-state index in [-0.39, 0.29) is 12.6 Å². The molecule has 140 valence electrons. The minimum absolute atomic E-state index is 0.260. The van der Waals surface area contributed by atoms with E-state index in [1.54, 1.807) is 6.92 Å². The zero-order valence-electron chi connectivity index (χ0n) is 15.4. The third-order valence-corrected chi connectivity index (χ3v) is 4.30. The van der Waals surface area contributed by atoms with Crippen LogP contribution in [0.5, 0.6) is 0 Å². The molecule has 1 aliphatic heterocycles. The van der Waals surface area contributed by atoms with Gasteiger partial charge in [-0.3, -0.25) is 0 Å². The maximum absolute atomic E-state index is 12.7. The Bertz CT molecular complexity index is 845. The lowest BCUT2D eigenvalue weighted by Gasteiger charge is -2.29. The number of urea groups is 1. The van der Waals surface area contributed by atoms with Gasteiger partial charge in [-0.05, 0) is 31.5 Å². The van der Waals surface area contributed by atoms with Gasteiger partial charge in [0, 0.05) is 5.69 Å². The van der Waals surface area contributed by atoms with Gasteiger partial charge in [0.2, 0.25) is 0 Å². The number of hydrogen-bond donors (Lipinski definition) is 3. The molecule has 6 heteroatoms. The minimum Gasteiger partial charge on any atom is -0.463 e. The Morgan fingerprint density at radius 2 is 1.81 bits per heavy atom. The zero-order valence-corrected chi connectivity index (χ0v) is 15.4. The molecule has 1 aliphatic rings. The summed E-state index contributed by atoms with van der Waals surface area (Å²) in [5.41, 5.74) is 3.80. The molecule has 0 saturated carbocycles. The van der Waals surface area contributed by atoms with Crippen molar-refractivity contribution in [2.24, 2.45) is 0 Å². The predicted octanol–water partition coefficient (Wildman–Crippen LogP) is 3.28. The van der Waals surface area contributed by atoms with E-state index < -0.39 is 12.0 Å². The number of nitrogens with one attached hydrogen (secondary N) is 3. The smallest absolute Gasteiger partial charge is 0.338 e. The molecule has 3 rings (SSSR count). The van der Waals surface area contributed by atoms with E-state index in [1.165, 1.54) is 0 Å². The Labute approximate surface area is 158 Å². The fourth-order valence-electron chi connectivity index (χ4n) is 2.96. The van der Waals surface area contributed by atoms with Crippen molar-refractivity contribution in [1.29, 1.82) is 0 Å². The van der Waals surface area contributed by atoms with Gasteiger partial charge in [-0.15, -0.1) is 0 Å². The second-order valence-electron chi connectivity index (χ2n) is 6.27. The summed E-state index contributed by atoms with van der Waals surface area (Å²) in [7, 11) is 0. The van der Waals surface area contributed by atoms with Crippen molar-refractivity contribution < 1.29 is 14.3 Å². The highest BCUT2D eigenvalue weighted by atomic mass is 16.5. The Hall–Kier alpha value is -3.28. The highest BCUT2D eigenvalue weighted by Crippen LogP contribution is 2.27. The molecule has 0 radical (unpaired) electrons. The van der Waals surface area contributed by atoms with Crippen molar-refractivity contribution in [2.75, 3.05) is 18.5 Å². The van der Waals surface area contributed by atoms with Gasteiger partial charge in [-0.2, -0.15) is 0 Å². The number of anilines is 1. The Morgan fingerprint density at radius 3 is 2.48 bits per heavy atom. The number of carbonyl (C=O) groups is 2. The molecule has 1 atom stereocenters. The third kappa shape index (κ3) is 4.47. The molecule has 0 aromatic heterocycles. The van der Waals surface area contributed by atoms with Gasteiger partial charge in [-0.1, -0.05) is 48.0 Å². The molecule has 1 unspecified atom stereocenters. The highest BCUT2D eigenvalue weighted by Gasteiger charge is 2.33. The summed E-state index contributed by atoms with van der Waals surface area (Å²) in [6.45, 7) is 4.34. The molecule has 0 bridgehead atoms. The van der Waals surface area contributed by atoms with Gasteiger partial charge in [0.05, 0.1) is 30.5 Å². The number of ether oxygens (including phenoxy) is 1. The van der Waals surface area contributed by atoms with E-state index in [1.807, 2.05) is 61.5 Å². The third-order valence-electron chi connectivity index (χ3n) is 4.30. The Morgan fingerprint density at radius 1 is 1.11 bits per heavy atom. The molecule has 0 spiro atoms. The molecule has 2 aromatic rings. The van der Waals surface area contributed by atoms with Crippen LogP contribution in [0.1, 0.15) is 24.1 Å². The average molecular weight is 365 g/mol. The van der Waals surface area contributed by atoms with Crippen molar-refractivity contribution in [3.8, 4) is 0 Å². The molecule has 1 heterocycles. The number of esters is 1. The highest BCUT2D eigenvalue weighted by molar-refractivity contribution is 5.95. The van der Waals surface area contributed by atoms with Crippen molar-refractivity contribution in [1.82, 2.24) is 10.6 Å². The van der Waals surface area contributed by atoms with E-state index >= 15 is 0 Å². The first kappa shape index (κ1) is 18.5. The van der Waals surface area contributed by atoms with Gasteiger partial charge in [0.15, 0.2) is 0 Å². The summed E-state index contributed by atoms with van der Waals surface area (Å²) in [6, 6.07) is 16.4. The maximum atomic E-state index is 12.7. The largest absolute Gasteiger partial charge is 0.463 e. The predicted molar refractivity (Wildman–Crippen MR) is 104 cm³/mol. The number of rotatable bonds is 6. The van der Waals surface area contributed by atoms with Gasteiger partial charge < -0.3 is 20.7 Å². The Kier molecular flexibility index (Phi) is 5.76. The fourth-order valence-corrected chi connectivity index (χ4v) is 2.96. The van der Waals surface area contributed by atoms with Crippen molar-refractivity contribution in [3.05, 3.63) is 77.0 Å². The van der Waals surface area contributed by atoms with Crippen LogP contribution in [0.4, 0.5) is 10.5 Å². The quantitative estimate of drug-likeness (QED) is 0.687. The number of aryl methyl sites for hydroxylation is 1. The van der Waals surface area contributed by atoms with Crippen LogP contribution < -0.4 is 16.0 Å². The summed E-state index contributed by atoms with van der Waals surface area (Å²) in [6.07, 6.45) is 0. The van der Waals surface area contributed by atoms with Gasteiger partial charge in [0.25, 0.3) is 0 Å². The fraction of sp³-hybridized carbons (Fsp3) is 0.238. The normalized spacial score (nSPS) is 16.4. The monoisotopic (exact) mass is 365 g/mol. The minimum atomic E-state index is -0.561. The summed E-state index contributed by atoms with van der Waals surface area (Å²) in [5, 5.41) is 8.83. The first-order chi connectivity index (χ1) is 13.1. The lowest BCUT2D eigenvalue weighted by Crippen LogP contribution is -2.47. The summed E-state index contributed by atoms with van der Waals surface area (Å²) < 4.78 is 5.25. The molecule has 0 aliphatic carbocycles. The van der Waals surface area contributed by atoms with Crippen LogP contribution >= 0.6 is 0 Å². The molecule has 6 nitrogen and oxygen atoms in total. The van der Waals surface area contributed by atoms with Gasteiger partial charge in [-0.25, -0.2) is 9.59 Å². The maximum Gasteiger partial charge on any atom is 0.338 e. The molecule has 0 saturated heterocycles. The number of carbonyl (C=O) groups excluding carboxylic acids is 2. The lowest BCUT2D eigenvalue weighted by molar-refractivity contribution is -0.139. The SMILES string of the molecule is CCOC(=O)C1=C(CNc2ccc(C)cc2)NC(=O)NC1c1ccccc1. The van der Waals surface area contributed by atoms with Crippen molar-refractivity contribution in [3.63, 3.8) is 0 Å². The standard InChI is InChI=1S/C21H23N3O3/c1-3-27-20(25)18-17(13-22-16-11-9-14(2)10-12-16)23-21(26)24-19(18)15-7-5-4-6-8-15/h4-12,19,22H,3,13H2,1-2H3,(H2,23,24,26). The van der Waals surface area contributed by atoms with Crippen LogP contribution in [0.15, 0.2) is 65.9 Å². The van der Waals surface area contributed by atoms with Crippen LogP contribution in [0.25, 0.3) is 0 Å². The van der Waals surface area contributed by atoms with Gasteiger partial charge in [0.1, 0.15) is 0 Å². The van der Waals surface area contributed by atoms with E-state index in [0.29, 0.717) is 17.8 Å². The van der Waals surface area contributed by atoms with Crippen molar-refractivity contribution in [2.45, 2.75) is 19.9 Å². The molecule has 0 fully saturated rings. The molecular formula is C21H23N3O3. The molecule has 27 heavy (non-hydrogen) atoms. The summed E-state index contributed by atoms with van der Waals surface area (Å²) >= 11 is 0. The first-order valence-corrected chi connectivity index (χ1v) is 8.91. The second kappa shape index (κ2) is 8.40.